The fourth-order valence-corrected chi connectivity index (χ4v) is 1.70. The van der Waals surface area contributed by atoms with E-state index in [0.717, 1.165) is 10.9 Å². The summed E-state index contributed by atoms with van der Waals surface area (Å²) >= 11 is 0. The van der Waals surface area contributed by atoms with Gasteiger partial charge in [0.2, 0.25) is 5.91 Å². The quantitative estimate of drug-likeness (QED) is 0.849. The van der Waals surface area contributed by atoms with Gasteiger partial charge in [0.25, 0.3) is 0 Å². The molecule has 5 nitrogen and oxygen atoms in total. The second-order valence-corrected chi connectivity index (χ2v) is 3.62. The number of rotatable bonds is 3. The van der Waals surface area contributed by atoms with Gasteiger partial charge in [-0.25, -0.2) is 4.79 Å². The van der Waals surface area contributed by atoms with Gasteiger partial charge in [0.15, 0.2) is 0 Å². The zero-order valence-corrected chi connectivity index (χ0v) is 9.09. The van der Waals surface area contributed by atoms with E-state index >= 15 is 0 Å². The molecule has 0 aliphatic rings. The molecule has 5 heteroatoms. The van der Waals surface area contributed by atoms with Crippen LogP contribution in [0.3, 0.4) is 0 Å². The van der Waals surface area contributed by atoms with Crippen LogP contribution in [0.25, 0.3) is 10.9 Å². The van der Waals surface area contributed by atoms with Crippen molar-refractivity contribution in [1.29, 1.82) is 0 Å². The molecule has 0 spiro atoms. The largest absolute Gasteiger partial charge is 0.465 e. The number of fused-ring (bicyclic) bond motifs is 1. The molecule has 0 radical (unpaired) electrons. The van der Waals surface area contributed by atoms with Gasteiger partial charge in [-0.3, -0.25) is 9.36 Å². The molecule has 0 fully saturated rings. The summed E-state index contributed by atoms with van der Waals surface area (Å²) in [5.41, 5.74) is 0.841. The summed E-state index contributed by atoms with van der Waals surface area (Å²) in [6.07, 6.45) is 0.730. The van der Waals surface area contributed by atoms with Gasteiger partial charge in [-0.1, -0.05) is 18.2 Å². The minimum atomic E-state index is -1.12. The minimum Gasteiger partial charge on any atom is -0.465 e. The molecule has 1 aromatic carbocycles. The normalized spacial score (nSPS) is 10.4. The molecule has 0 atom stereocenters. The van der Waals surface area contributed by atoms with Crippen molar-refractivity contribution in [3.63, 3.8) is 0 Å². The summed E-state index contributed by atoms with van der Waals surface area (Å²) in [4.78, 5) is 22.1. The number of hydrogen-bond acceptors (Lipinski definition) is 2. The van der Waals surface area contributed by atoms with Crippen molar-refractivity contribution in [3.05, 3.63) is 36.5 Å². The first-order chi connectivity index (χ1) is 8.18. The van der Waals surface area contributed by atoms with Gasteiger partial charge in [0.05, 0.1) is 5.52 Å². The molecule has 0 saturated carbocycles. The van der Waals surface area contributed by atoms with E-state index < -0.39 is 6.09 Å². The Kier molecular flexibility index (Phi) is 3.09. The number of para-hydroxylation sites is 1. The predicted octanol–water partition coefficient (Wildman–Crippen LogP) is 1.94. The van der Waals surface area contributed by atoms with Crippen molar-refractivity contribution in [2.24, 2.45) is 0 Å². The maximum atomic E-state index is 11.8. The van der Waals surface area contributed by atoms with E-state index in [9.17, 15) is 9.59 Å². The summed E-state index contributed by atoms with van der Waals surface area (Å²) < 4.78 is 1.54. The first kappa shape index (κ1) is 11.2. The zero-order chi connectivity index (χ0) is 12.3. The van der Waals surface area contributed by atoms with E-state index in [1.165, 1.54) is 0 Å². The first-order valence-corrected chi connectivity index (χ1v) is 5.24. The van der Waals surface area contributed by atoms with Gasteiger partial charge >= 0.3 is 6.09 Å². The highest BCUT2D eigenvalue weighted by atomic mass is 16.4. The van der Waals surface area contributed by atoms with Gasteiger partial charge in [0.1, 0.15) is 0 Å². The number of benzene rings is 1. The average Bonchev–Trinajstić information content (AvgIpc) is 2.72. The number of carbonyl (C=O) groups is 2. The molecule has 2 rings (SSSR count). The number of nitrogens with one attached hydrogen (secondary N) is 1. The van der Waals surface area contributed by atoms with Crippen LogP contribution >= 0.6 is 0 Å². The van der Waals surface area contributed by atoms with Gasteiger partial charge in [0, 0.05) is 24.5 Å². The highest BCUT2D eigenvalue weighted by Crippen LogP contribution is 2.15. The van der Waals surface area contributed by atoms with E-state index in [2.05, 4.69) is 5.32 Å². The Morgan fingerprint density at radius 1 is 1.24 bits per heavy atom. The van der Waals surface area contributed by atoms with Crippen molar-refractivity contribution >= 4 is 22.9 Å². The lowest BCUT2D eigenvalue weighted by molar-refractivity contribution is 0.0908. The monoisotopic (exact) mass is 232 g/mol. The Morgan fingerprint density at radius 3 is 2.76 bits per heavy atom. The second-order valence-electron chi connectivity index (χ2n) is 3.62. The molecule has 1 heterocycles. The van der Waals surface area contributed by atoms with Crippen molar-refractivity contribution in [1.82, 2.24) is 9.88 Å². The highest BCUT2D eigenvalue weighted by Gasteiger charge is 2.08. The molecular formula is C12H12N2O3. The number of carboxylic acid groups (broad SMARTS) is 1. The fraction of sp³-hybridized carbons (Fsp3) is 0.167. The molecule has 17 heavy (non-hydrogen) atoms. The van der Waals surface area contributed by atoms with Gasteiger partial charge in [-0.05, 0) is 12.1 Å². The lowest BCUT2D eigenvalue weighted by Gasteiger charge is -2.04. The van der Waals surface area contributed by atoms with Crippen LogP contribution in [0.5, 0.6) is 0 Å². The summed E-state index contributed by atoms with van der Waals surface area (Å²) in [6.45, 7) is 0.126. The molecule has 2 N–H and O–H groups in total. The van der Waals surface area contributed by atoms with E-state index in [1.807, 2.05) is 30.3 Å². The molecule has 88 valence electrons. The molecule has 1 aromatic heterocycles. The van der Waals surface area contributed by atoms with Crippen LogP contribution in [0, 0.1) is 0 Å². The summed E-state index contributed by atoms with van der Waals surface area (Å²) in [6, 6.07) is 9.41. The number of carbonyl (C=O) groups excluding carboxylic acids is 1. The van der Waals surface area contributed by atoms with Crippen LogP contribution in [-0.4, -0.2) is 28.2 Å². The van der Waals surface area contributed by atoms with E-state index in [-0.39, 0.29) is 18.9 Å². The second kappa shape index (κ2) is 4.69. The Hall–Kier alpha value is -2.30. The molecule has 0 saturated heterocycles. The Labute approximate surface area is 97.7 Å². The van der Waals surface area contributed by atoms with E-state index in [1.54, 1.807) is 10.8 Å². The Morgan fingerprint density at radius 2 is 2.00 bits per heavy atom. The summed E-state index contributed by atoms with van der Waals surface area (Å²) in [5, 5.41) is 11.6. The molecule has 0 bridgehead atoms. The van der Waals surface area contributed by atoms with Crippen molar-refractivity contribution in [2.45, 2.75) is 6.42 Å². The third kappa shape index (κ3) is 2.44. The summed E-state index contributed by atoms with van der Waals surface area (Å²) in [5.74, 6) is -0.125. The molecule has 0 aliphatic heterocycles. The first-order valence-electron chi connectivity index (χ1n) is 5.24. The van der Waals surface area contributed by atoms with Gasteiger partial charge in [-0.2, -0.15) is 0 Å². The predicted molar refractivity (Wildman–Crippen MR) is 63.2 cm³/mol. The topological polar surface area (TPSA) is 71.3 Å². The fourth-order valence-electron chi connectivity index (χ4n) is 1.70. The average molecular weight is 232 g/mol. The van der Waals surface area contributed by atoms with Crippen LogP contribution in [0.15, 0.2) is 36.5 Å². The van der Waals surface area contributed by atoms with Crippen LogP contribution in [0.1, 0.15) is 11.2 Å². The zero-order valence-electron chi connectivity index (χ0n) is 9.09. The maximum absolute atomic E-state index is 11.8. The standard InChI is InChI=1S/C12H12N2O3/c15-11(5-7-13-12(16)17)14-8-6-9-3-1-2-4-10(9)14/h1-4,6,8,13H,5,7H2,(H,16,17). The van der Waals surface area contributed by atoms with Gasteiger partial charge < -0.3 is 10.4 Å². The number of hydrogen-bond donors (Lipinski definition) is 2. The highest BCUT2D eigenvalue weighted by molar-refractivity contribution is 5.92. The van der Waals surface area contributed by atoms with Crippen molar-refractivity contribution in [2.75, 3.05) is 6.54 Å². The summed E-state index contributed by atoms with van der Waals surface area (Å²) in [7, 11) is 0. The van der Waals surface area contributed by atoms with Crippen LogP contribution < -0.4 is 5.32 Å². The maximum Gasteiger partial charge on any atom is 0.404 e. The smallest absolute Gasteiger partial charge is 0.404 e. The minimum absolute atomic E-state index is 0.125. The number of amides is 1. The Bertz CT molecular complexity index is 560. The van der Waals surface area contributed by atoms with Crippen molar-refractivity contribution < 1.29 is 14.7 Å². The molecule has 0 aliphatic carbocycles. The van der Waals surface area contributed by atoms with Crippen LogP contribution in [0.4, 0.5) is 4.79 Å². The van der Waals surface area contributed by atoms with Crippen LogP contribution in [0.2, 0.25) is 0 Å². The number of aromatic nitrogens is 1. The van der Waals surface area contributed by atoms with Crippen LogP contribution in [-0.2, 0) is 0 Å². The third-order valence-corrected chi connectivity index (χ3v) is 2.48. The Balaban J connectivity index is 2.11. The van der Waals surface area contributed by atoms with Gasteiger partial charge in [-0.15, -0.1) is 0 Å². The molecule has 0 unspecified atom stereocenters. The third-order valence-electron chi connectivity index (χ3n) is 2.48. The van der Waals surface area contributed by atoms with E-state index in [4.69, 9.17) is 5.11 Å². The lowest BCUT2D eigenvalue weighted by Crippen LogP contribution is -2.25. The molecule has 1 amide bonds. The van der Waals surface area contributed by atoms with E-state index in [0.29, 0.717) is 0 Å². The lowest BCUT2D eigenvalue weighted by atomic mass is 10.2. The SMILES string of the molecule is O=C(O)NCCC(=O)n1ccc2ccccc21. The molecule has 2 aromatic rings. The number of nitrogens with zero attached hydrogens (tertiary/aromatic N) is 1. The van der Waals surface area contributed by atoms with Crippen molar-refractivity contribution in [3.8, 4) is 0 Å². The molecular weight excluding hydrogens is 220 g/mol.